The van der Waals surface area contributed by atoms with Crippen molar-refractivity contribution in [3.8, 4) is 0 Å². The number of hydrogen-bond donors (Lipinski definition) is 0. The van der Waals surface area contributed by atoms with Crippen molar-refractivity contribution in [2.24, 2.45) is 0 Å². The Bertz CT molecular complexity index is 993. The Balaban J connectivity index is 1.34. The van der Waals surface area contributed by atoms with E-state index in [2.05, 4.69) is 4.90 Å². The average Bonchev–Trinajstić information content (AvgIpc) is 3.13. The van der Waals surface area contributed by atoms with Crippen molar-refractivity contribution in [1.82, 2.24) is 19.6 Å². The summed E-state index contributed by atoms with van der Waals surface area (Å²) in [6.07, 6.45) is 3.29. The molecule has 1 aromatic carbocycles. The second-order valence-corrected chi connectivity index (χ2v) is 9.56. The number of carbonyl (C=O) groups is 5. The van der Waals surface area contributed by atoms with Crippen LogP contribution < -0.4 is 0 Å². The van der Waals surface area contributed by atoms with Gasteiger partial charge in [0.1, 0.15) is 0 Å². The van der Waals surface area contributed by atoms with E-state index in [1.165, 1.54) is 36.3 Å². The Morgan fingerprint density at radius 2 is 1.34 bits per heavy atom. The van der Waals surface area contributed by atoms with E-state index in [9.17, 15) is 24.0 Å². The second-order valence-electron chi connectivity index (χ2n) is 9.56. The van der Waals surface area contributed by atoms with Crippen molar-refractivity contribution in [2.75, 3.05) is 26.2 Å². The Morgan fingerprint density at radius 1 is 0.771 bits per heavy atom. The van der Waals surface area contributed by atoms with Gasteiger partial charge in [0.05, 0.1) is 11.1 Å². The summed E-state index contributed by atoms with van der Waals surface area (Å²) in [4.78, 5) is 70.4. The number of benzene rings is 1. The first-order valence-corrected chi connectivity index (χ1v) is 12.5. The van der Waals surface area contributed by atoms with Gasteiger partial charge < -0.3 is 14.5 Å². The number of amides is 5. The van der Waals surface area contributed by atoms with Crippen LogP contribution in [0, 0.1) is 0 Å². The molecule has 5 amide bonds. The third-order valence-corrected chi connectivity index (χ3v) is 7.42. The van der Waals surface area contributed by atoms with Gasteiger partial charge in [0, 0.05) is 32.0 Å². The molecule has 10 heteroatoms. The lowest BCUT2D eigenvalue weighted by Crippen LogP contribution is -2.59. The number of nitrogens with zero attached hydrogens (tertiary/aromatic N) is 4. The van der Waals surface area contributed by atoms with Gasteiger partial charge in [-0.2, -0.15) is 0 Å². The van der Waals surface area contributed by atoms with Gasteiger partial charge in [-0.1, -0.05) is 18.6 Å². The minimum absolute atomic E-state index is 0.0736. The van der Waals surface area contributed by atoms with Crippen molar-refractivity contribution < 1.29 is 28.7 Å². The minimum Gasteiger partial charge on any atom is -0.405 e. The van der Waals surface area contributed by atoms with Crippen molar-refractivity contribution in [3.05, 3.63) is 35.4 Å². The smallest absolute Gasteiger partial charge is 0.405 e. The molecule has 3 saturated heterocycles. The molecule has 4 heterocycles. The topological polar surface area (TPSA) is 108 Å². The van der Waals surface area contributed by atoms with Crippen LogP contribution in [-0.2, 0) is 14.3 Å². The third kappa shape index (κ3) is 4.42. The van der Waals surface area contributed by atoms with Gasteiger partial charge in [0.25, 0.3) is 18.2 Å². The highest BCUT2D eigenvalue weighted by atomic mass is 16.6. The van der Waals surface area contributed by atoms with E-state index in [1.807, 2.05) is 0 Å². The quantitative estimate of drug-likeness (QED) is 0.606. The van der Waals surface area contributed by atoms with Gasteiger partial charge in [0.2, 0.25) is 11.8 Å². The van der Waals surface area contributed by atoms with Gasteiger partial charge in [-0.15, -0.1) is 0 Å². The molecule has 186 valence electrons. The van der Waals surface area contributed by atoms with Crippen LogP contribution >= 0.6 is 0 Å². The molecule has 1 aromatic rings. The summed E-state index contributed by atoms with van der Waals surface area (Å²) in [6, 6.07) is 6.66. The molecule has 0 radical (unpaired) electrons. The van der Waals surface area contributed by atoms with Crippen molar-refractivity contribution >= 4 is 29.7 Å². The molecule has 1 unspecified atom stereocenters. The lowest BCUT2D eigenvalue weighted by molar-refractivity contribution is -0.168. The number of piperidine rings is 3. The summed E-state index contributed by atoms with van der Waals surface area (Å²) in [5.74, 6) is -2.53. The average molecular weight is 483 g/mol. The number of carbonyl (C=O) groups excluding carboxylic acids is 5. The Kier molecular flexibility index (Phi) is 6.55. The zero-order valence-electron chi connectivity index (χ0n) is 19.7. The Morgan fingerprint density at radius 3 is 1.91 bits per heavy atom. The molecule has 10 nitrogen and oxygen atoms in total. The standard InChI is InChI=1S/C25H30N4O6/c30-20-9-6-10-21(31)28(20)24(29-22(32)18-7-2-3-8-19(18)23(29)33)35-25(34)27-15-11-17(12-16-27)26-13-4-1-5-14-26/h2-3,7-8,17,24H,1,4-6,9-16H2. The summed E-state index contributed by atoms with van der Waals surface area (Å²) < 4.78 is 5.65. The number of imide groups is 2. The van der Waals surface area contributed by atoms with Gasteiger partial charge in [0.15, 0.2) is 0 Å². The van der Waals surface area contributed by atoms with E-state index in [4.69, 9.17) is 4.74 Å². The first-order valence-electron chi connectivity index (χ1n) is 12.5. The molecule has 0 N–H and O–H groups in total. The summed E-state index contributed by atoms with van der Waals surface area (Å²) in [6.45, 7) is 3.10. The fraction of sp³-hybridized carbons (Fsp3) is 0.560. The van der Waals surface area contributed by atoms with Gasteiger partial charge >= 0.3 is 6.09 Å². The summed E-state index contributed by atoms with van der Waals surface area (Å²) >= 11 is 0. The maximum Gasteiger partial charge on any atom is 0.413 e. The SMILES string of the molecule is O=C(OC(N1C(=O)CCCC1=O)N1C(=O)c2ccccc2C1=O)N1CCC(N2CCCCC2)CC1. The highest BCUT2D eigenvalue weighted by molar-refractivity contribution is 6.21. The molecular formula is C25H30N4O6. The molecule has 0 aromatic heterocycles. The molecule has 35 heavy (non-hydrogen) atoms. The zero-order valence-corrected chi connectivity index (χ0v) is 19.7. The zero-order chi connectivity index (χ0) is 24.5. The number of likely N-dealkylation sites (tertiary alicyclic amines) is 3. The van der Waals surface area contributed by atoms with E-state index in [-0.39, 0.29) is 24.0 Å². The Hall–Kier alpha value is -3.27. The Labute approximate surface area is 203 Å². The van der Waals surface area contributed by atoms with E-state index < -0.39 is 36.1 Å². The monoisotopic (exact) mass is 482 g/mol. The molecule has 1 atom stereocenters. The van der Waals surface area contributed by atoms with Crippen LogP contribution in [0.5, 0.6) is 0 Å². The number of rotatable bonds is 4. The van der Waals surface area contributed by atoms with Crippen LogP contribution in [0.3, 0.4) is 0 Å². The molecule has 0 aliphatic carbocycles. The molecular weight excluding hydrogens is 452 g/mol. The molecule has 0 saturated carbocycles. The number of ether oxygens (including phenoxy) is 1. The highest BCUT2D eigenvalue weighted by Gasteiger charge is 2.48. The van der Waals surface area contributed by atoms with E-state index in [1.54, 1.807) is 12.1 Å². The maximum absolute atomic E-state index is 13.2. The number of fused-ring (bicyclic) bond motifs is 1. The summed E-state index contributed by atoms with van der Waals surface area (Å²) in [5, 5.41) is 0. The maximum atomic E-state index is 13.2. The van der Waals surface area contributed by atoms with Crippen molar-refractivity contribution in [2.45, 2.75) is 63.8 Å². The largest absolute Gasteiger partial charge is 0.413 e. The lowest BCUT2D eigenvalue weighted by Gasteiger charge is -2.41. The van der Waals surface area contributed by atoms with Gasteiger partial charge in [-0.3, -0.25) is 19.2 Å². The first kappa shape index (κ1) is 23.5. The predicted octanol–water partition coefficient (Wildman–Crippen LogP) is 2.19. The first-order chi connectivity index (χ1) is 17.0. The van der Waals surface area contributed by atoms with Crippen LogP contribution in [0.15, 0.2) is 24.3 Å². The highest BCUT2D eigenvalue weighted by Crippen LogP contribution is 2.29. The van der Waals surface area contributed by atoms with E-state index in [0.29, 0.717) is 25.6 Å². The third-order valence-electron chi connectivity index (χ3n) is 7.42. The van der Waals surface area contributed by atoms with Crippen LogP contribution in [-0.4, -0.2) is 87.9 Å². The van der Waals surface area contributed by atoms with E-state index in [0.717, 1.165) is 35.7 Å². The second kappa shape index (κ2) is 9.77. The van der Waals surface area contributed by atoms with Gasteiger partial charge in [-0.05, 0) is 57.3 Å². The van der Waals surface area contributed by atoms with Gasteiger partial charge in [-0.25, -0.2) is 14.6 Å². The molecule has 0 spiro atoms. The van der Waals surface area contributed by atoms with Crippen LogP contribution in [0.4, 0.5) is 4.79 Å². The fourth-order valence-corrected chi connectivity index (χ4v) is 5.51. The summed E-state index contributed by atoms with van der Waals surface area (Å²) in [7, 11) is 0. The van der Waals surface area contributed by atoms with E-state index >= 15 is 0 Å². The molecule has 5 rings (SSSR count). The molecule has 0 bridgehead atoms. The van der Waals surface area contributed by atoms with Crippen molar-refractivity contribution in [1.29, 1.82) is 0 Å². The van der Waals surface area contributed by atoms with Crippen LogP contribution in [0.1, 0.15) is 72.1 Å². The molecule has 4 aliphatic heterocycles. The minimum atomic E-state index is -1.74. The molecule has 4 aliphatic rings. The molecule has 3 fully saturated rings. The lowest BCUT2D eigenvalue weighted by atomic mass is 10.0. The van der Waals surface area contributed by atoms with Crippen LogP contribution in [0.2, 0.25) is 0 Å². The van der Waals surface area contributed by atoms with Crippen LogP contribution in [0.25, 0.3) is 0 Å². The summed E-state index contributed by atoms with van der Waals surface area (Å²) in [5.41, 5.74) is 0.301. The normalized spacial score (nSPS) is 23.0. The predicted molar refractivity (Wildman–Crippen MR) is 123 cm³/mol. The van der Waals surface area contributed by atoms with Crippen molar-refractivity contribution in [3.63, 3.8) is 0 Å². The number of hydrogen-bond acceptors (Lipinski definition) is 7. The fourth-order valence-electron chi connectivity index (χ4n) is 5.51.